The topological polar surface area (TPSA) is 46.1 Å². The lowest BCUT2D eigenvalue weighted by molar-refractivity contribution is -0.683. The van der Waals surface area contributed by atoms with Crippen molar-refractivity contribution in [1.82, 2.24) is 0 Å². The van der Waals surface area contributed by atoms with Crippen LogP contribution in [0.5, 0.6) is 0 Å². The Morgan fingerprint density at radius 2 is 2.35 bits per heavy atom. The van der Waals surface area contributed by atoms with Gasteiger partial charge in [0.2, 0.25) is 0 Å². The highest BCUT2D eigenvalue weighted by molar-refractivity contribution is 7.09. The highest BCUT2D eigenvalue weighted by atomic mass is 32.1. The molecule has 0 radical (unpaired) electrons. The van der Waals surface area contributed by atoms with Crippen molar-refractivity contribution in [2.45, 2.75) is 44.4 Å². The summed E-state index contributed by atoms with van der Waals surface area (Å²) in [6.45, 7) is 6.49. The number of ether oxygens (including phenoxy) is 1. The second-order valence-electron chi connectivity index (χ2n) is 5.54. The maximum absolute atomic E-state index is 10.5. The molecule has 0 aromatic carbocycles. The predicted octanol–water partition coefficient (Wildman–Crippen LogP) is 1.13. The van der Waals surface area contributed by atoms with E-state index in [1.54, 1.807) is 11.3 Å². The van der Waals surface area contributed by atoms with Gasteiger partial charge in [-0.3, -0.25) is 0 Å². The average molecular weight is 256 g/mol. The van der Waals surface area contributed by atoms with Gasteiger partial charge in [-0.15, -0.1) is 11.3 Å². The van der Waals surface area contributed by atoms with Gasteiger partial charge in [-0.25, -0.2) is 0 Å². The zero-order valence-corrected chi connectivity index (χ0v) is 11.4. The summed E-state index contributed by atoms with van der Waals surface area (Å²) in [6.07, 6.45) is 1.47. The Kier molecular flexibility index (Phi) is 3.88. The van der Waals surface area contributed by atoms with E-state index < -0.39 is 5.60 Å². The molecule has 1 aliphatic rings. The highest BCUT2D eigenvalue weighted by Gasteiger charge is 2.40. The summed E-state index contributed by atoms with van der Waals surface area (Å²) in [5.41, 5.74) is -0.761. The number of aliphatic hydroxyl groups is 1. The van der Waals surface area contributed by atoms with Gasteiger partial charge in [-0.2, -0.15) is 0 Å². The van der Waals surface area contributed by atoms with Crippen LogP contribution >= 0.6 is 11.3 Å². The lowest BCUT2D eigenvalue weighted by Gasteiger charge is -2.40. The van der Waals surface area contributed by atoms with E-state index in [9.17, 15) is 5.11 Å². The van der Waals surface area contributed by atoms with Crippen molar-refractivity contribution in [3.63, 3.8) is 0 Å². The molecule has 1 aromatic rings. The van der Waals surface area contributed by atoms with Crippen LogP contribution in [0.3, 0.4) is 0 Å². The standard InChI is InChI=1S/C13H21NO2S/c1-12(2)9-13(15,5-6-16-12)10-14-8-11-4-3-7-17-11/h3-4,7,14-15H,5-6,8-10H2,1-2H3/p+1/t13-/m0/s1. The lowest BCUT2D eigenvalue weighted by Crippen LogP contribution is -2.87. The largest absolute Gasteiger partial charge is 0.384 e. The maximum Gasteiger partial charge on any atom is 0.118 e. The monoisotopic (exact) mass is 256 g/mol. The second kappa shape index (κ2) is 5.06. The van der Waals surface area contributed by atoms with E-state index in [4.69, 9.17) is 4.74 Å². The summed E-state index contributed by atoms with van der Waals surface area (Å²) in [4.78, 5) is 1.36. The molecule has 0 amide bonds. The molecule has 0 spiro atoms. The molecule has 1 fully saturated rings. The van der Waals surface area contributed by atoms with E-state index in [0.717, 1.165) is 25.9 Å². The van der Waals surface area contributed by atoms with Gasteiger partial charge in [0.15, 0.2) is 0 Å². The Morgan fingerprint density at radius 1 is 1.53 bits per heavy atom. The van der Waals surface area contributed by atoms with Gasteiger partial charge in [0.05, 0.1) is 17.1 Å². The zero-order chi connectivity index (χ0) is 12.4. The molecule has 3 N–H and O–H groups in total. The normalized spacial score (nSPS) is 28.2. The summed E-state index contributed by atoms with van der Waals surface area (Å²) in [5, 5.41) is 14.8. The Morgan fingerprint density at radius 3 is 3.00 bits per heavy atom. The van der Waals surface area contributed by atoms with E-state index in [-0.39, 0.29) is 5.60 Å². The van der Waals surface area contributed by atoms with Gasteiger partial charge in [0.1, 0.15) is 18.7 Å². The van der Waals surface area contributed by atoms with Crippen LogP contribution in [0.1, 0.15) is 31.6 Å². The zero-order valence-electron chi connectivity index (χ0n) is 10.6. The molecule has 3 nitrogen and oxygen atoms in total. The molecule has 0 unspecified atom stereocenters. The molecular weight excluding hydrogens is 234 g/mol. The van der Waals surface area contributed by atoms with Crippen molar-refractivity contribution in [1.29, 1.82) is 0 Å². The first kappa shape index (κ1) is 13.0. The van der Waals surface area contributed by atoms with Crippen LogP contribution < -0.4 is 5.32 Å². The molecule has 2 heterocycles. The number of thiophene rings is 1. The lowest BCUT2D eigenvalue weighted by atomic mass is 9.84. The van der Waals surface area contributed by atoms with Gasteiger partial charge in [0.25, 0.3) is 0 Å². The summed E-state index contributed by atoms with van der Waals surface area (Å²) < 4.78 is 5.64. The molecule has 96 valence electrons. The van der Waals surface area contributed by atoms with Crippen molar-refractivity contribution < 1.29 is 15.2 Å². The number of hydrogen-bond donors (Lipinski definition) is 2. The van der Waals surface area contributed by atoms with Gasteiger partial charge >= 0.3 is 0 Å². The molecule has 1 atom stereocenters. The minimum atomic E-state index is -0.570. The molecule has 1 aromatic heterocycles. The fourth-order valence-corrected chi connectivity index (χ4v) is 3.24. The van der Waals surface area contributed by atoms with E-state index in [1.165, 1.54) is 4.88 Å². The van der Waals surface area contributed by atoms with Gasteiger partial charge < -0.3 is 15.2 Å². The number of quaternary nitrogens is 1. The summed E-state index contributed by atoms with van der Waals surface area (Å²) in [5.74, 6) is 0. The first-order valence-corrected chi connectivity index (χ1v) is 7.08. The molecule has 1 aliphatic heterocycles. The fraction of sp³-hybridized carbons (Fsp3) is 0.692. The number of hydrogen-bond acceptors (Lipinski definition) is 3. The van der Waals surface area contributed by atoms with Crippen molar-refractivity contribution >= 4 is 11.3 Å². The Hall–Kier alpha value is -0.420. The molecular formula is C13H22NO2S+. The second-order valence-corrected chi connectivity index (χ2v) is 6.57. The summed E-state index contributed by atoms with van der Waals surface area (Å²) in [7, 11) is 0. The van der Waals surface area contributed by atoms with Crippen LogP contribution in [0.25, 0.3) is 0 Å². The molecule has 17 heavy (non-hydrogen) atoms. The fourth-order valence-electron chi connectivity index (χ4n) is 2.54. The molecule has 0 aliphatic carbocycles. The molecule has 2 rings (SSSR count). The van der Waals surface area contributed by atoms with Gasteiger partial charge in [-0.05, 0) is 25.3 Å². The summed E-state index contributed by atoms with van der Waals surface area (Å²) in [6, 6.07) is 4.21. The van der Waals surface area contributed by atoms with Gasteiger partial charge in [-0.1, -0.05) is 6.07 Å². The highest BCUT2D eigenvalue weighted by Crippen LogP contribution is 2.30. The van der Waals surface area contributed by atoms with Crippen molar-refractivity contribution in [2.75, 3.05) is 13.2 Å². The predicted molar refractivity (Wildman–Crippen MR) is 69.0 cm³/mol. The average Bonchev–Trinajstić information content (AvgIpc) is 2.68. The van der Waals surface area contributed by atoms with Crippen LogP contribution in [0.15, 0.2) is 17.5 Å². The first-order chi connectivity index (χ1) is 7.99. The minimum Gasteiger partial charge on any atom is -0.384 e. The van der Waals surface area contributed by atoms with E-state index in [1.807, 2.05) is 0 Å². The van der Waals surface area contributed by atoms with Crippen LogP contribution in [-0.4, -0.2) is 29.5 Å². The molecule has 0 saturated carbocycles. The Balaban J connectivity index is 1.81. The van der Waals surface area contributed by atoms with E-state index in [0.29, 0.717) is 6.61 Å². The third kappa shape index (κ3) is 3.78. The van der Waals surface area contributed by atoms with Crippen LogP contribution in [0.2, 0.25) is 0 Å². The summed E-state index contributed by atoms with van der Waals surface area (Å²) >= 11 is 1.77. The van der Waals surface area contributed by atoms with Crippen molar-refractivity contribution in [3.8, 4) is 0 Å². The molecule has 0 bridgehead atoms. The van der Waals surface area contributed by atoms with Crippen LogP contribution in [0, 0.1) is 0 Å². The minimum absolute atomic E-state index is 0.191. The van der Waals surface area contributed by atoms with Gasteiger partial charge in [0, 0.05) is 12.8 Å². The number of rotatable bonds is 4. The number of nitrogens with two attached hydrogens (primary N) is 1. The van der Waals surface area contributed by atoms with Crippen LogP contribution in [0.4, 0.5) is 0 Å². The van der Waals surface area contributed by atoms with Crippen LogP contribution in [-0.2, 0) is 11.3 Å². The Labute approximate surface area is 107 Å². The van der Waals surface area contributed by atoms with E-state index >= 15 is 0 Å². The molecule has 4 heteroatoms. The van der Waals surface area contributed by atoms with E-state index in [2.05, 4.69) is 36.7 Å². The third-order valence-corrected chi connectivity index (χ3v) is 4.16. The Bertz CT molecular complexity index is 350. The van der Waals surface area contributed by atoms with Crippen molar-refractivity contribution in [2.24, 2.45) is 0 Å². The molecule has 1 saturated heterocycles. The SMILES string of the molecule is CC1(C)C[C@](O)(C[NH2+]Cc2cccs2)CCO1. The first-order valence-electron chi connectivity index (χ1n) is 6.20. The van der Waals surface area contributed by atoms with Crippen molar-refractivity contribution in [3.05, 3.63) is 22.4 Å². The third-order valence-electron chi connectivity index (χ3n) is 3.26. The quantitative estimate of drug-likeness (QED) is 0.848. The smallest absolute Gasteiger partial charge is 0.118 e. The maximum atomic E-state index is 10.5.